The molecule has 1 fully saturated rings. The van der Waals surface area contributed by atoms with E-state index in [0.29, 0.717) is 38.3 Å². The summed E-state index contributed by atoms with van der Waals surface area (Å²) in [5.74, 6) is -0.520. The van der Waals surface area contributed by atoms with Gasteiger partial charge in [-0.15, -0.1) is 0 Å². The van der Waals surface area contributed by atoms with E-state index in [4.69, 9.17) is 0 Å². The van der Waals surface area contributed by atoms with E-state index in [-0.39, 0.29) is 22.9 Å². The lowest BCUT2D eigenvalue weighted by molar-refractivity contribution is -0.116. The minimum Gasteiger partial charge on any atom is -0.325 e. The smallest absolute Gasteiger partial charge is 0.243 e. The number of piperazine rings is 1. The minimum atomic E-state index is -3.93. The van der Waals surface area contributed by atoms with Crippen LogP contribution in [0.15, 0.2) is 88.7 Å². The molecule has 1 aliphatic rings. The quantitative estimate of drug-likeness (QED) is 0.402. The van der Waals surface area contributed by atoms with Gasteiger partial charge in [-0.3, -0.25) is 4.79 Å². The summed E-state index contributed by atoms with van der Waals surface area (Å²) in [6.45, 7) is 3.79. The molecule has 0 unspecified atom stereocenters. The molecule has 0 bridgehead atoms. The largest absolute Gasteiger partial charge is 0.325 e. The second-order valence-electron chi connectivity index (χ2n) is 9.67. The number of hydrogen-bond donors (Lipinski definition) is 1. The Labute approximate surface area is 231 Å². The molecule has 4 rings (SSSR count). The first-order valence-corrected chi connectivity index (χ1v) is 15.6. The predicted molar refractivity (Wildman–Crippen MR) is 151 cm³/mol. The van der Waals surface area contributed by atoms with Crippen molar-refractivity contribution in [3.63, 3.8) is 0 Å². The van der Waals surface area contributed by atoms with Gasteiger partial charge in [-0.1, -0.05) is 48.0 Å². The standard InChI is InChI=1S/C28H34N4O5S2/c1-23-8-12-26(13-9-23)39(36,37)32(17-16-24-6-4-3-5-7-24)22-28(33)29-25-10-14-27(15-11-25)38(34,35)31-20-18-30(2)19-21-31/h3-15H,16-22H2,1-2H3,(H,29,33). The number of nitrogens with one attached hydrogen (secondary N) is 1. The van der Waals surface area contributed by atoms with Crippen LogP contribution in [0.2, 0.25) is 0 Å². The molecular weight excluding hydrogens is 536 g/mol. The first-order valence-electron chi connectivity index (χ1n) is 12.7. The van der Waals surface area contributed by atoms with Crippen LogP contribution in [0.4, 0.5) is 5.69 Å². The fourth-order valence-electron chi connectivity index (χ4n) is 4.29. The topological polar surface area (TPSA) is 107 Å². The highest BCUT2D eigenvalue weighted by Gasteiger charge is 2.28. The van der Waals surface area contributed by atoms with Crippen LogP contribution in [-0.4, -0.2) is 82.6 Å². The molecule has 0 aromatic heterocycles. The van der Waals surface area contributed by atoms with Gasteiger partial charge in [0.2, 0.25) is 26.0 Å². The molecule has 11 heteroatoms. The summed E-state index contributed by atoms with van der Waals surface area (Å²) < 4.78 is 55.5. The number of sulfonamides is 2. The van der Waals surface area contributed by atoms with Crippen molar-refractivity contribution in [2.75, 3.05) is 51.6 Å². The lowest BCUT2D eigenvalue weighted by Gasteiger charge is -2.31. The van der Waals surface area contributed by atoms with Crippen molar-refractivity contribution >= 4 is 31.6 Å². The molecule has 0 aliphatic carbocycles. The van der Waals surface area contributed by atoms with Gasteiger partial charge in [0.05, 0.1) is 16.3 Å². The van der Waals surface area contributed by atoms with E-state index in [1.807, 2.05) is 44.3 Å². The molecule has 1 aliphatic heterocycles. The van der Waals surface area contributed by atoms with Crippen molar-refractivity contribution in [1.82, 2.24) is 13.5 Å². The van der Waals surface area contributed by atoms with Crippen molar-refractivity contribution in [2.24, 2.45) is 0 Å². The average Bonchev–Trinajstić information content (AvgIpc) is 2.92. The van der Waals surface area contributed by atoms with Gasteiger partial charge >= 0.3 is 0 Å². The Bertz CT molecular complexity index is 1470. The first-order chi connectivity index (χ1) is 18.6. The Morgan fingerprint density at radius 2 is 1.41 bits per heavy atom. The van der Waals surface area contributed by atoms with E-state index in [1.165, 1.54) is 45.0 Å². The van der Waals surface area contributed by atoms with Crippen molar-refractivity contribution in [1.29, 1.82) is 0 Å². The van der Waals surface area contributed by atoms with Crippen LogP contribution < -0.4 is 5.32 Å². The number of carbonyl (C=O) groups is 1. The summed E-state index contributed by atoms with van der Waals surface area (Å²) in [6, 6.07) is 22.0. The molecule has 0 radical (unpaired) electrons. The molecule has 39 heavy (non-hydrogen) atoms. The fraction of sp³-hybridized carbons (Fsp3) is 0.321. The Balaban J connectivity index is 1.46. The SMILES string of the molecule is Cc1ccc(S(=O)(=O)N(CCc2ccccc2)CC(=O)Nc2ccc(S(=O)(=O)N3CCN(C)CC3)cc2)cc1. The second kappa shape index (κ2) is 12.4. The monoisotopic (exact) mass is 570 g/mol. The van der Waals surface area contributed by atoms with Gasteiger partial charge in [-0.2, -0.15) is 8.61 Å². The first kappa shape index (κ1) is 28.9. The maximum absolute atomic E-state index is 13.5. The maximum Gasteiger partial charge on any atom is 0.243 e. The van der Waals surface area contributed by atoms with Crippen molar-refractivity contribution in [3.8, 4) is 0 Å². The van der Waals surface area contributed by atoms with E-state index in [0.717, 1.165) is 11.1 Å². The third-order valence-electron chi connectivity index (χ3n) is 6.71. The fourth-order valence-corrected chi connectivity index (χ4v) is 7.11. The number of rotatable bonds is 10. The van der Waals surface area contributed by atoms with E-state index >= 15 is 0 Å². The Kier molecular flexibility index (Phi) is 9.19. The lowest BCUT2D eigenvalue weighted by atomic mass is 10.1. The Morgan fingerprint density at radius 3 is 2.03 bits per heavy atom. The molecular formula is C28H34N4O5S2. The van der Waals surface area contributed by atoms with Crippen molar-refractivity contribution in [2.45, 2.75) is 23.1 Å². The van der Waals surface area contributed by atoms with Gasteiger partial charge in [0.15, 0.2) is 0 Å². The van der Waals surface area contributed by atoms with Gasteiger partial charge < -0.3 is 10.2 Å². The van der Waals surface area contributed by atoms with Crippen molar-refractivity contribution < 1.29 is 21.6 Å². The average molecular weight is 571 g/mol. The zero-order valence-electron chi connectivity index (χ0n) is 22.2. The summed E-state index contributed by atoms with van der Waals surface area (Å²) in [6.07, 6.45) is 0.443. The Morgan fingerprint density at radius 1 is 0.821 bits per heavy atom. The number of amides is 1. The molecule has 0 atom stereocenters. The van der Waals surface area contributed by atoms with Gasteiger partial charge in [0.25, 0.3) is 0 Å². The number of anilines is 1. The van der Waals surface area contributed by atoms with Gasteiger partial charge in [-0.05, 0) is 62.4 Å². The molecule has 1 saturated heterocycles. The zero-order chi connectivity index (χ0) is 28.0. The predicted octanol–water partition coefficient (Wildman–Crippen LogP) is 2.80. The minimum absolute atomic E-state index is 0.118. The highest BCUT2D eigenvalue weighted by molar-refractivity contribution is 7.89. The third-order valence-corrected chi connectivity index (χ3v) is 10.5. The molecule has 1 heterocycles. The normalized spacial score (nSPS) is 15.4. The molecule has 3 aromatic carbocycles. The van der Waals surface area contributed by atoms with Crippen LogP contribution in [0.25, 0.3) is 0 Å². The zero-order valence-corrected chi connectivity index (χ0v) is 23.8. The van der Waals surface area contributed by atoms with Crippen molar-refractivity contribution in [3.05, 3.63) is 90.0 Å². The molecule has 1 N–H and O–H groups in total. The lowest BCUT2D eigenvalue weighted by Crippen LogP contribution is -2.46. The molecule has 0 spiro atoms. The summed E-state index contributed by atoms with van der Waals surface area (Å²) in [5, 5.41) is 2.71. The molecule has 1 amide bonds. The highest BCUT2D eigenvalue weighted by atomic mass is 32.2. The number of likely N-dealkylation sites (N-methyl/N-ethyl adjacent to an activating group) is 1. The van der Waals surface area contributed by atoms with Crippen LogP contribution in [0.1, 0.15) is 11.1 Å². The molecule has 0 saturated carbocycles. The van der Waals surface area contributed by atoms with Crippen LogP contribution in [0.5, 0.6) is 0 Å². The summed E-state index contributed by atoms with van der Waals surface area (Å²) in [7, 11) is -5.61. The summed E-state index contributed by atoms with van der Waals surface area (Å²) >= 11 is 0. The highest BCUT2D eigenvalue weighted by Crippen LogP contribution is 2.21. The van der Waals surface area contributed by atoms with Gasteiger partial charge in [0.1, 0.15) is 0 Å². The molecule has 208 valence electrons. The maximum atomic E-state index is 13.5. The number of carbonyl (C=O) groups excluding carboxylic acids is 1. The number of aryl methyl sites for hydroxylation is 1. The molecule has 9 nitrogen and oxygen atoms in total. The third kappa shape index (κ3) is 7.31. The van der Waals surface area contributed by atoms with E-state index in [9.17, 15) is 21.6 Å². The summed E-state index contributed by atoms with van der Waals surface area (Å²) in [5.41, 5.74) is 2.27. The summed E-state index contributed by atoms with van der Waals surface area (Å²) in [4.78, 5) is 15.3. The van der Waals surface area contributed by atoms with Crippen LogP contribution in [0, 0.1) is 6.92 Å². The van der Waals surface area contributed by atoms with Gasteiger partial charge in [-0.25, -0.2) is 16.8 Å². The van der Waals surface area contributed by atoms with E-state index in [1.54, 1.807) is 12.1 Å². The second-order valence-corrected chi connectivity index (χ2v) is 13.5. The van der Waals surface area contributed by atoms with E-state index < -0.39 is 26.0 Å². The van der Waals surface area contributed by atoms with Crippen LogP contribution >= 0.6 is 0 Å². The van der Waals surface area contributed by atoms with Gasteiger partial charge in [0, 0.05) is 38.4 Å². The van der Waals surface area contributed by atoms with Crippen LogP contribution in [-0.2, 0) is 31.3 Å². The number of benzene rings is 3. The Hall–Kier alpha value is -3.09. The number of hydrogen-bond acceptors (Lipinski definition) is 6. The molecule has 3 aromatic rings. The number of nitrogens with zero attached hydrogens (tertiary/aromatic N) is 3. The van der Waals surface area contributed by atoms with E-state index in [2.05, 4.69) is 10.2 Å². The van der Waals surface area contributed by atoms with Crippen LogP contribution in [0.3, 0.4) is 0 Å².